The second kappa shape index (κ2) is 7.04. The highest BCUT2D eigenvalue weighted by molar-refractivity contribution is 7.89. The molecule has 2 fully saturated rings. The molecule has 0 aromatic carbocycles. The van der Waals surface area contributed by atoms with Gasteiger partial charge in [0, 0.05) is 38.7 Å². The molecule has 0 bridgehead atoms. The number of carbonyl (C=O) groups is 2. The number of imidazole rings is 1. The fourth-order valence-corrected chi connectivity index (χ4v) is 5.74. The van der Waals surface area contributed by atoms with Crippen molar-refractivity contribution >= 4 is 28.2 Å². The number of amides is 1. The number of hydrogen-bond acceptors (Lipinski definition) is 6. The SMILES string of the molecule is CCC1=N[C@@]2(CC[C@@H]3CN(S(=O)(=O)c4cn(C)cn4)C[C@@H]32)C(=O)N1.O=CO. The largest absolute Gasteiger partial charge is 0.483 e. The average molecular weight is 397 g/mol. The molecule has 1 spiro atoms. The van der Waals surface area contributed by atoms with Crippen LogP contribution in [-0.2, 0) is 26.7 Å². The quantitative estimate of drug-likeness (QED) is 0.680. The Morgan fingerprint density at radius 3 is 2.70 bits per heavy atom. The van der Waals surface area contributed by atoms with Crippen LogP contribution >= 0.6 is 0 Å². The topological polar surface area (TPSA) is 134 Å². The number of aromatic nitrogens is 2. The highest BCUT2D eigenvalue weighted by Gasteiger charge is 2.60. The van der Waals surface area contributed by atoms with Crippen molar-refractivity contribution in [2.45, 2.75) is 36.8 Å². The minimum Gasteiger partial charge on any atom is -0.483 e. The lowest BCUT2D eigenvalue weighted by molar-refractivity contribution is -0.125. The third-order valence-corrected chi connectivity index (χ3v) is 7.24. The molecule has 3 aliphatic rings. The van der Waals surface area contributed by atoms with Crippen molar-refractivity contribution in [1.29, 1.82) is 0 Å². The molecule has 1 aromatic rings. The first-order chi connectivity index (χ1) is 12.8. The lowest BCUT2D eigenvalue weighted by atomic mass is 9.85. The molecule has 2 aliphatic heterocycles. The number of carbonyl (C=O) groups excluding carboxylic acids is 1. The molecule has 4 rings (SSSR count). The monoisotopic (exact) mass is 397 g/mol. The van der Waals surface area contributed by atoms with Crippen LogP contribution in [0.25, 0.3) is 0 Å². The van der Waals surface area contributed by atoms with Crippen molar-refractivity contribution in [1.82, 2.24) is 19.2 Å². The van der Waals surface area contributed by atoms with E-state index in [1.807, 2.05) is 6.92 Å². The Kier molecular flexibility index (Phi) is 5.08. The van der Waals surface area contributed by atoms with Crippen molar-refractivity contribution in [3.63, 3.8) is 0 Å². The normalized spacial score (nSPS) is 29.9. The zero-order valence-corrected chi connectivity index (χ0v) is 16.0. The van der Waals surface area contributed by atoms with Crippen LogP contribution in [-0.4, -0.2) is 64.2 Å². The highest BCUT2D eigenvalue weighted by Crippen LogP contribution is 2.49. The first kappa shape index (κ1) is 19.5. The fraction of sp³-hybridized carbons (Fsp3) is 0.625. The molecule has 1 aliphatic carbocycles. The summed E-state index contributed by atoms with van der Waals surface area (Å²) >= 11 is 0. The summed E-state index contributed by atoms with van der Waals surface area (Å²) in [7, 11) is -1.88. The first-order valence-electron chi connectivity index (χ1n) is 8.74. The molecule has 1 amide bonds. The van der Waals surface area contributed by atoms with E-state index in [2.05, 4.69) is 15.3 Å². The second-order valence-corrected chi connectivity index (χ2v) is 8.89. The summed E-state index contributed by atoms with van der Waals surface area (Å²) in [5, 5.41) is 9.82. The smallest absolute Gasteiger partial charge is 0.290 e. The lowest BCUT2D eigenvalue weighted by Gasteiger charge is -2.25. The van der Waals surface area contributed by atoms with Crippen LogP contribution in [0.4, 0.5) is 0 Å². The number of hydrogen-bond donors (Lipinski definition) is 2. The Hall–Kier alpha value is -2.27. The Bertz CT molecular complexity index is 880. The molecule has 27 heavy (non-hydrogen) atoms. The van der Waals surface area contributed by atoms with Crippen molar-refractivity contribution in [3.05, 3.63) is 12.5 Å². The molecule has 10 nitrogen and oxygen atoms in total. The third kappa shape index (κ3) is 3.14. The van der Waals surface area contributed by atoms with E-state index in [0.29, 0.717) is 31.8 Å². The average Bonchev–Trinajstić information content (AvgIpc) is 3.35. The molecule has 3 heterocycles. The number of aliphatic imine (C=N–C) groups is 1. The Morgan fingerprint density at radius 1 is 1.44 bits per heavy atom. The van der Waals surface area contributed by atoms with Crippen LogP contribution in [0.15, 0.2) is 22.5 Å². The number of fused-ring (bicyclic) bond motifs is 2. The van der Waals surface area contributed by atoms with Gasteiger partial charge in [-0.3, -0.25) is 14.6 Å². The molecule has 148 valence electrons. The second-order valence-electron chi connectivity index (χ2n) is 7.00. The maximum Gasteiger partial charge on any atom is 0.290 e. The molecule has 0 radical (unpaired) electrons. The van der Waals surface area contributed by atoms with Gasteiger partial charge in [0.05, 0.1) is 6.33 Å². The summed E-state index contributed by atoms with van der Waals surface area (Å²) in [6.45, 7) is 2.48. The minimum atomic E-state index is -3.62. The van der Waals surface area contributed by atoms with Gasteiger partial charge in [0.2, 0.25) is 0 Å². The molecular formula is C16H23N5O5S. The fourth-order valence-electron chi connectivity index (χ4n) is 4.25. The van der Waals surface area contributed by atoms with Gasteiger partial charge < -0.3 is 15.0 Å². The van der Waals surface area contributed by atoms with Gasteiger partial charge in [-0.15, -0.1) is 0 Å². The van der Waals surface area contributed by atoms with E-state index < -0.39 is 15.6 Å². The van der Waals surface area contributed by atoms with E-state index in [1.54, 1.807) is 11.6 Å². The van der Waals surface area contributed by atoms with Gasteiger partial charge in [-0.25, -0.2) is 13.4 Å². The Balaban J connectivity index is 0.000000659. The molecule has 3 atom stereocenters. The van der Waals surface area contributed by atoms with Gasteiger partial charge in [0.15, 0.2) is 5.03 Å². The van der Waals surface area contributed by atoms with E-state index in [0.717, 1.165) is 6.42 Å². The van der Waals surface area contributed by atoms with E-state index in [9.17, 15) is 13.2 Å². The van der Waals surface area contributed by atoms with Gasteiger partial charge in [-0.1, -0.05) is 6.92 Å². The molecule has 1 aromatic heterocycles. The summed E-state index contributed by atoms with van der Waals surface area (Å²) < 4.78 is 28.7. The van der Waals surface area contributed by atoms with E-state index >= 15 is 0 Å². The van der Waals surface area contributed by atoms with Crippen molar-refractivity contribution in [2.75, 3.05) is 13.1 Å². The number of sulfonamides is 1. The Morgan fingerprint density at radius 2 is 2.15 bits per heavy atom. The maximum absolute atomic E-state index is 12.8. The molecular weight excluding hydrogens is 374 g/mol. The number of carboxylic acid groups (broad SMARTS) is 1. The molecule has 11 heteroatoms. The number of nitrogens with one attached hydrogen (secondary N) is 1. The molecule has 2 N–H and O–H groups in total. The van der Waals surface area contributed by atoms with Crippen molar-refractivity contribution in [3.8, 4) is 0 Å². The van der Waals surface area contributed by atoms with Crippen LogP contribution in [0.2, 0.25) is 0 Å². The number of nitrogens with zero attached hydrogens (tertiary/aromatic N) is 4. The van der Waals surface area contributed by atoms with Crippen molar-refractivity contribution in [2.24, 2.45) is 23.9 Å². The summed E-state index contributed by atoms with van der Waals surface area (Å²) in [4.78, 5) is 29.5. The molecule has 1 saturated carbocycles. The predicted octanol–water partition coefficient (Wildman–Crippen LogP) is -0.171. The predicted molar refractivity (Wildman–Crippen MR) is 95.5 cm³/mol. The van der Waals surface area contributed by atoms with Gasteiger partial charge in [-0.2, -0.15) is 4.31 Å². The molecule has 0 unspecified atom stereocenters. The first-order valence-corrected chi connectivity index (χ1v) is 10.2. The zero-order valence-electron chi connectivity index (χ0n) is 15.2. The molecule has 1 saturated heterocycles. The van der Waals surface area contributed by atoms with Gasteiger partial charge in [0.1, 0.15) is 11.4 Å². The lowest BCUT2D eigenvalue weighted by Crippen LogP contribution is -2.45. The summed E-state index contributed by atoms with van der Waals surface area (Å²) in [6.07, 6.45) is 5.20. The number of rotatable bonds is 3. The third-order valence-electron chi connectivity index (χ3n) is 5.52. The Labute approximate surface area is 157 Å². The van der Waals surface area contributed by atoms with Gasteiger partial charge in [-0.05, 0) is 18.8 Å². The standard InChI is InChI=1S/C15H21N5O3S.CH2O2/c1-3-12-17-14(21)15(18-12)5-4-10-6-20(7-11(10)15)24(22,23)13-8-19(2)9-16-13;2-1-3/h8-11H,3-7H2,1-2H3,(H,17,18,21);1H,(H,2,3)/t10-,11+,15-;/m1./s1. The van der Waals surface area contributed by atoms with E-state index in [4.69, 9.17) is 9.90 Å². The van der Waals surface area contributed by atoms with Crippen LogP contribution in [0.5, 0.6) is 0 Å². The van der Waals surface area contributed by atoms with Crippen LogP contribution in [0.3, 0.4) is 0 Å². The maximum atomic E-state index is 12.8. The van der Waals surface area contributed by atoms with Crippen molar-refractivity contribution < 1.29 is 23.1 Å². The summed E-state index contributed by atoms with van der Waals surface area (Å²) in [6, 6.07) is 0. The summed E-state index contributed by atoms with van der Waals surface area (Å²) in [5.74, 6) is 0.768. The van der Waals surface area contributed by atoms with Crippen LogP contribution in [0.1, 0.15) is 26.2 Å². The van der Waals surface area contributed by atoms with E-state index in [1.165, 1.54) is 16.8 Å². The van der Waals surface area contributed by atoms with Gasteiger partial charge in [0.25, 0.3) is 22.4 Å². The highest BCUT2D eigenvalue weighted by atomic mass is 32.2. The minimum absolute atomic E-state index is 0.0555. The van der Waals surface area contributed by atoms with E-state index in [-0.39, 0.29) is 29.2 Å². The number of aryl methyl sites for hydroxylation is 1. The van der Waals surface area contributed by atoms with Crippen LogP contribution in [0, 0.1) is 11.8 Å². The van der Waals surface area contributed by atoms with Crippen LogP contribution < -0.4 is 5.32 Å². The van der Waals surface area contributed by atoms with Gasteiger partial charge >= 0.3 is 0 Å². The summed E-state index contributed by atoms with van der Waals surface area (Å²) in [5.41, 5.74) is -0.773. The zero-order chi connectivity index (χ0) is 19.8. The number of amidine groups is 1.